The van der Waals surface area contributed by atoms with Gasteiger partial charge in [0.1, 0.15) is 0 Å². The van der Waals surface area contributed by atoms with Crippen molar-refractivity contribution >= 4 is 25.9 Å². The maximum absolute atomic E-state index is 2.57. The van der Waals surface area contributed by atoms with Crippen molar-refractivity contribution in [1.29, 1.82) is 0 Å². The number of rotatable bonds is 19. The SMILES string of the molecule is CCCCCCCCCC[S][Sn]([CH2]CCC)([CH2]CCC)[CH2]CCC. The van der Waals surface area contributed by atoms with Crippen LogP contribution in [0.1, 0.15) is 118 Å². The van der Waals surface area contributed by atoms with E-state index in [0.29, 0.717) is 0 Å². The molecule has 0 saturated heterocycles. The summed E-state index contributed by atoms with van der Waals surface area (Å²) in [6, 6.07) is 0. The molecule has 0 amide bonds. The van der Waals surface area contributed by atoms with Gasteiger partial charge in [-0.15, -0.1) is 0 Å². The zero-order valence-corrected chi connectivity index (χ0v) is 21.3. The number of hydrogen-bond acceptors (Lipinski definition) is 1. The van der Waals surface area contributed by atoms with Gasteiger partial charge < -0.3 is 0 Å². The molecule has 0 bridgehead atoms. The molecular weight excluding hydrogens is 415 g/mol. The fourth-order valence-electron chi connectivity index (χ4n) is 3.61. The van der Waals surface area contributed by atoms with Crippen LogP contribution in [-0.2, 0) is 0 Å². The summed E-state index contributed by atoms with van der Waals surface area (Å²) in [6.07, 6.45) is 20.5. The third kappa shape index (κ3) is 14.3. The van der Waals surface area contributed by atoms with Gasteiger partial charge in [-0.3, -0.25) is 0 Å². The Balaban J connectivity index is 4.07. The van der Waals surface area contributed by atoms with Crippen molar-refractivity contribution in [2.45, 2.75) is 131 Å². The molecule has 0 radical (unpaired) electrons. The topological polar surface area (TPSA) is 0 Å². The summed E-state index contributed by atoms with van der Waals surface area (Å²) in [7, 11) is 2.57. The Morgan fingerprint density at radius 2 is 0.833 bits per heavy atom. The molecule has 0 rings (SSSR count). The van der Waals surface area contributed by atoms with E-state index in [1.807, 2.05) is 0 Å². The molecule has 0 heterocycles. The molecule has 0 nitrogen and oxygen atoms in total. The van der Waals surface area contributed by atoms with Crippen molar-refractivity contribution in [2.75, 3.05) is 5.75 Å². The van der Waals surface area contributed by atoms with Gasteiger partial charge >= 0.3 is 163 Å². The van der Waals surface area contributed by atoms with Gasteiger partial charge in [-0.2, -0.15) is 0 Å². The summed E-state index contributed by atoms with van der Waals surface area (Å²) in [6.45, 7) is 9.48. The second-order valence-corrected chi connectivity index (χ2v) is 27.8. The van der Waals surface area contributed by atoms with Crippen LogP contribution in [0.15, 0.2) is 0 Å². The number of hydrogen-bond donors (Lipinski definition) is 0. The van der Waals surface area contributed by atoms with E-state index in [0.717, 1.165) is 0 Å². The van der Waals surface area contributed by atoms with Crippen molar-refractivity contribution in [3.8, 4) is 0 Å². The first kappa shape index (κ1) is 25.1. The zero-order chi connectivity index (χ0) is 17.9. The average Bonchev–Trinajstić information content (AvgIpc) is 2.61. The Morgan fingerprint density at radius 3 is 1.25 bits per heavy atom. The molecule has 0 aliphatic heterocycles. The van der Waals surface area contributed by atoms with Crippen molar-refractivity contribution < 1.29 is 0 Å². The fourth-order valence-corrected chi connectivity index (χ4v) is 27.1. The van der Waals surface area contributed by atoms with Crippen LogP contribution < -0.4 is 0 Å². The van der Waals surface area contributed by atoms with Crippen LogP contribution in [-0.4, -0.2) is 22.7 Å². The molecule has 0 aliphatic rings. The van der Waals surface area contributed by atoms with Crippen molar-refractivity contribution in [1.82, 2.24) is 0 Å². The molecule has 24 heavy (non-hydrogen) atoms. The third-order valence-electron chi connectivity index (χ3n) is 5.36. The molecule has 0 aromatic rings. The third-order valence-corrected chi connectivity index (χ3v) is 28.4. The summed E-state index contributed by atoms with van der Waals surface area (Å²) >= 11 is -1.87. The second-order valence-electron chi connectivity index (χ2n) is 7.82. The summed E-state index contributed by atoms with van der Waals surface area (Å²) in [5, 5.41) is 0. The van der Waals surface area contributed by atoms with Gasteiger partial charge in [0.15, 0.2) is 0 Å². The van der Waals surface area contributed by atoms with E-state index in [2.05, 4.69) is 36.6 Å². The molecule has 0 unspecified atom stereocenters. The molecule has 0 fully saturated rings. The maximum atomic E-state index is 2.57. The summed E-state index contributed by atoms with van der Waals surface area (Å²) < 4.78 is 5.02. The molecule has 0 aliphatic carbocycles. The Bertz CT molecular complexity index is 220. The van der Waals surface area contributed by atoms with Gasteiger partial charge in [0.05, 0.1) is 0 Å². The minimum absolute atomic E-state index is 1.37. The molecule has 0 atom stereocenters. The van der Waals surface area contributed by atoms with Crippen LogP contribution in [0.2, 0.25) is 13.3 Å². The quantitative estimate of drug-likeness (QED) is 0.136. The Hall–Kier alpha value is 1.15. The predicted octanol–water partition coefficient (Wildman–Crippen LogP) is 9.21. The molecule has 0 aromatic heterocycles. The van der Waals surface area contributed by atoms with Gasteiger partial charge in [0.25, 0.3) is 0 Å². The first-order valence-electron chi connectivity index (χ1n) is 11.4. The fraction of sp³-hybridized carbons (Fsp3) is 1.00. The molecule has 0 spiro atoms. The van der Waals surface area contributed by atoms with Gasteiger partial charge in [-0.05, 0) is 0 Å². The van der Waals surface area contributed by atoms with E-state index < -0.39 is 17.0 Å². The van der Waals surface area contributed by atoms with E-state index >= 15 is 0 Å². The van der Waals surface area contributed by atoms with Crippen LogP contribution in [0.25, 0.3) is 0 Å². The Labute approximate surface area is 162 Å². The Kier molecular flexibility index (Phi) is 19.8. The molecule has 0 aromatic carbocycles. The summed E-state index contributed by atoms with van der Waals surface area (Å²) in [4.78, 5) is 0. The van der Waals surface area contributed by atoms with E-state index in [1.54, 1.807) is 13.3 Å². The first-order chi connectivity index (χ1) is 11.7. The van der Waals surface area contributed by atoms with Crippen LogP contribution >= 0.6 is 8.95 Å². The van der Waals surface area contributed by atoms with Crippen LogP contribution in [0, 0.1) is 0 Å². The van der Waals surface area contributed by atoms with Crippen molar-refractivity contribution in [2.24, 2.45) is 0 Å². The summed E-state index contributed by atoms with van der Waals surface area (Å²) in [5.74, 6) is 1.50. The van der Waals surface area contributed by atoms with E-state index in [9.17, 15) is 0 Å². The number of unbranched alkanes of at least 4 members (excludes halogenated alkanes) is 10. The van der Waals surface area contributed by atoms with Crippen molar-refractivity contribution in [3.05, 3.63) is 0 Å². The summed E-state index contributed by atoms with van der Waals surface area (Å²) in [5.41, 5.74) is 0. The standard InChI is InChI=1S/C10H22S.3C4H9.Sn/c1-2-3-4-5-6-7-8-9-10-11;3*1-3-4-2;/h11H,2-10H2,1H3;3*1,3-4H2,2H3;/q;;;;+1/p-1. The molecule has 0 N–H and O–H groups in total. The average molecular weight is 463 g/mol. The van der Waals surface area contributed by atoms with Crippen LogP contribution in [0.5, 0.6) is 0 Å². The zero-order valence-electron chi connectivity index (χ0n) is 17.6. The molecular formula is C22H48SSn. The Morgan fingerprint density at radius 1 is 0.458 bits per heavy atom. The molecule has 2 heteroatoms. The van der Waals surface area contributed by atoms with Crippen molar-refractivity contribution in [3.63, 3.8) is 0 Å². The second kappa shape index (κ2) is 18.9. The van der Waals surface area contributed by atoms with E-state index in [4.69, 9.17) is 0 Å². The van der Waals surface area contributed by atoms with Crippen LogP contribution in [0.4, 0.5) is 0 Å². The van der Waals surface area contributed by atoms with Gasteiger partial charge in [-0.1, -0.05) is 0 Å². The minimum atomic E-state index is -1.87. The normalized spacial score (nSPS) is 12.0. The van der Waals surface area contributed by atoms with Gasteiger partial charge in [0.2, 0.25) is 0 Å². The van der Waals surface area contributed by atoms with E-state index in [-0.39, 0.29) is 0 Å². The molecule has 0 saturated carbocycles. The first-order valence-corrected chi connectivity index (χ1v) is 21.9. The van der Waals surface area contributed by atoms with Crippen LogP contribution in [0.3, 0.4) is 0 Å². The van der Waals surface area contributed by atoms with Gasteiger partial charge in [0, 0.05) is 0 Å². The van der Waals surface area contributed by atoms with Gasteiger partial charge in [-0.25, -0.2) is 0 Å². The van der Waals surface area contributed by atoms with E-state index in [1.165, 1.54) is 95.6 Å². The molecule has 146 valence electrons. The predicted molar refractivity (Wildman–Crippen MR) is 120 cm³/mol. The monoisotopic (exact) mass is 464 g/mol.